The summed E-state index contributed by atoms with van der Waals surface area (Å²) in [7, 11) is 0. The first-order valence-corrected chi connectivity index (χ1v) is 4.25. The molecule has 6 nitrogen and oxygen atoms in total. The van der Waals surface area contributed by atoms with E-state index in [1.807, 2.05) is 0 Å². The Morgan fingerprint density at radius 1 is 1.43 bits per heavy atom. The van der Waals surface area contributed by atoms with Crippen LogP contribution in [-0.2, 0) is 24.0 Å². The molecule has 0 aliphatic carbocycles. The van der Waals surface area contributed by atoms with Gasteiger partial charge in [-0.05, 0) is 6.42 Å². The van der Waals surface area contributed by atoms with Crippen LogP contribution in [0.1, 0.15) is 12.8 Å². The maximum absolute atomic E-state index is 11.2. The molecule has 1 N–H and O–H groups in total. The lowest BCUT2D eigenvalue weighted by Crippen LogP contribution is -2.29. The zero-order valence-corrected chi connectivity index (χ0v) is 7.32. The molecule has 0 radical (unpaired) electrons. The van der Waals surface area contributed by atoms with Gasteiger partial charge in [-0.3, -0.25) is 0 Å². The Morgan fingerprint density at radius 2 is 2.21 bits per heavy atom. The Kier molecular flexibility index (Phi) is 2.47. The van der Waals surface area contributed by atoms with Crippen molar-refractivity contribution in [1.82, 2.24) is 5.64 Å². The highest BCUT2D eigenvalue weighted by Gasteiger charge is 2.26. The molecule has 76 valence electrons. The second-order valence-corrected chi connectivity index (χ2v) is 3.05. The van der Waals surface area contributed by atoms with Crippen LogP contribution in [0.25, 0.3) is 0 Å². The van der Waals surface area contributed by atoms with E-state index >= 15 is 0 Å². The van der Waals surface area contributed by atoms with E-state index in [4.69, 9.17) is 4.74 Å². The lowest BCUT2D eigenvalue weighted by Gasteiger charge is -2.26. The van der Waals surface area contributed by atoms with Crippen LogP contribution in [0, 0.1) is 0 Å². The van der Waals surface area contributed by atoms with Gasteiger partial charge in [-0.1, -0.05) is 0 Å². The zero-order chi connectivity index (χ0) is 9.97. The molecule has 6 heteroatoms. The van der Waals surface area contributed by atoms with Crippen molar-refractivity contribution >= 4 is 11.9 Å². The number of carbonyl (C=O) groups is 2. The van der Waals surface area contributed by atoms with Crippen molar-refractivity contribution in [2.75, 3.05) is 6.61 Å². The maximum atomic E-state index is 11.2. The summed E-state index contributed by atoms with van der Waals surface area (Å²) in [5, 5.41) is 0. The molecular weight excluding hydrogens is 190 g/mol. The first-order valence-electron chi connectivity index (χ1n) is 4.25. The fraction of sp³-hybridized carbons (Fsp3) is 0.500. The van der Waals surface area contributed by atoms with E-state index in [9.17, 15) is 9.59 Å². The van der Waals surface area contributed by atoms with Crippen molar-refractivity contribution in [3.8, 4) is 0 Å². The van der Waals surface area contributed by atoms with E-state index in [0.717, 1.165) is 12.5 Å². The normalized spacial score (nSPS) is 26.9. The molecule has 0 saturated carbocycles. The SMILES string of the molecule is O=C1C=C(C[C@H]2CCO2)C(=O)ONO1. The number of nitrogens with one attached hydrogen (secondary N) is 1. The van der Waals surface area contributed by atoms with Crippen LogP contribution >= 0.6 is 0 Å². The monoisotopic (exact) mass is 199 g/mol. The molecule has 2 aliphatic heterocycles. The number of rotatable bonds is 2. The minimum absolute atomic E-state index is 0.0136. The Bertz CT molecular complexity index is 294. The third-order valence-corrected chi connectivity index (χ3v) is 2.07. The molecule has 0 spiro atoms. The Hall–Kier alpha value is -1.40. The van der Waals surface area contributed by atoms with Gasteiger partial charge >= 0.3 is 11.9 Å². The number of hydrogen-bond donors (Lipinski definition) is 1. The second kappa shape index (κ2) is 3.77. The van der Waals surface area contributed by atoms with E-state index in [0.29, 0.717) is 13.0 Å². The summed E-state index contributed by atoms with van der Waals surface area (Å²) in [6.45, 7) is 0.704. The van der Waals surface area contributed by atoms with Gasteiger partial charge in [0.05, 0.1) is 6.10 Å². The van der Waals surface area contributed by atoms with E-state index in [-0.39, 0.29) is 11.7 Å². The summed E-state index contributed by atoms with van der Waals surface area (Å²) in [6.07, 6.45) is 2.41. The molecule has 1 atom stereocenters. The highest BCUT2D eigenvalue weighted by molar-refractivity contribution is 5.97. The van der Waals surface area contributed by atoms with Gasteiger partial charge in [-0.2, -0.15) is 0 Å². The molecule has 0 aromatic carbocycles. The minimum atomic E-state index is -0.648. The fourth-order valence-electron chi connectivity index (χ4n) is 1.23. The Labute approximate surface area is 79.7 Å². The van der Waals surface area contributed by atoms with Crippen LogP contribution in [0.3, 0.4) is 0 Å². The summed E-state index contributed by atoms with van der Waals surface area (Å²) in [5.41, 5.74) is 2.06. The third-order valence-electron chi connectivity index (χ3n) is 2.07. The molecule has 1 saturated heterocycles. The van der Waals surface area contributed by atoms with Gasteiger partial charge in [0.15, 0.2) is 0 Å². The molecule has 0 bridgehead atoms. The zero-order valence-electron chi connectivity index (χ0n) is 7.32. The quantitative estimate of drug-likeness (QED) is 0.653. The van der Waals surface area contributed by atoms with E-state index in [2.05, 4.69) is 9.68 Å². The highest BCUT2D eigenvalue weighted by Crippen LogP contribution is 2.20. The second-order valence-electron chi connectivity index (χ2n) is 3.05. The smallest absolute Gasteiger partial charge is 0.356 e. The molecule has 14 heavy (non-hydrogen) atoms. The lowest BCUT2D eigenvalue weighted by molar-refractivity contribution is -0.189. The van der Waals surface area contributed by atoms with Crippen LogP contribution in [-0.4, -0.2) is 24.6 Å². The molecule has 2 rings (SSSR count). The molecular formula is C8H9NO5. The fourth-order valence-corrected chi connectivity index (χ4v) is 1.23. The first-order chi connectivity index (χ1) is 6.75. The van der Waals surface area contributed by atoms with E-state index in [1.165, 1.54) is 0 Å². The predicted octanol–water partition coefficient (Wildman–Crippen LogP) is -0.389. The summed E-state index contributed by atoms with van der Waals surface area (Å²) in [4.78, 5) is 30.8. The standard InChI is InChI=1S/C8H9NO5/c10-7-4-5(3-6-1-2-12-6)8(11)14-9-13-7/h4,6,9H,1-3H2/t6-/m1/s1. The molecule has 0 unspecified atom stereocenters. The molecule has 2 heterocycles. The minimum Gasteiger partial charge on any atom is -0.378 e. The van der Waals surface area contributed by atoms with E-state index < -0.39 is 11.9 Å². The van der Waals surface area contributed by atoms with Crippen molar-refractivity contribution in [3.63, 3.8) is 0 Å². The van der Waals surface area contributed by atoms with Gasteiger partial charge < -0.3 is 14.4 Å². The molecule has 0 aromatic rings. The summed E-state index contributed by atoms with van der Waals surface area (Å²) < 4.78 is 5.14. The average Bonchev–Trinajstić information content (AvgIpc) is 2.22. The van der Waals surface area contributed by atoms with Gasteiger partial charge in [-0.15, -0.1) is 0 Å². The number of hydrogen-bond acceptors (Lipinski definition) is 6. The molecule has 2 aliphatic rings. The molecule has 1 fully saturated rings. The van der Waals surface area contributed by atoms with Crippen molar-refractivity contribution in [1.29, 1.82) is 0 Å². The largest absolute Gasteiger partial charge is 0.378 e. The topological polar surface area (TPSA) is 73.9 Å². The van der Waals surface area contributed by atoms with Gasteiger partial charge in [0.25, 0.3) is 0 Å². The van der Waals surface area contributed by atoms with Crippen molar-refractivity contribution in [3.05, 3.63) is 11.6 Å². The Balaban J connectivity index is 2.03. The number of ether oxygens (including phenoxy) is 1. The lowest BCUT2D eigenvalue weighted by atomic mass is 10.0. The van der Waals surface area contributed by atoms with Crippen molar-refractivity contribution in [2.24, 2.45) is 0 Å². The van der Waals surface area contributed by atoms with Gasteiger partial charge in [0, 0.05) is 30.3 Å². The summed E-state index contributed by atoms with van der Waals surface area (Å²) >= 11 is 0. The predicted molar refractivity (Wildman–Crippen MR) is 42.4 cm³/mol. The molecule has 0 amide bonds. The maximum Gasteiger partial charge on any atom is 0.356 e. The summed E-state index contributed by atoms with van der Waals surface area (Å²) in [6, 6.07) is 0. The van der Waals surface area contributed by atoms with Gasteiger partial charge in [0.1, 0.15) is 0 Å². The van der Waals surface area contributed by atoms with Gasteiger partial charge in [-0.25, -0.2) is 9.59 Å². The highest BCUT2D eigenvalue weighted by atomic mass is 16.9. The van der Waals surface area contributed by atoms with Crippen LogP contribution in [0.15, 0.2) is 11.6 Å². The summed E-state index contributed by atoms with van der Waals surface area (Å²) in [5.74, 6) is -1.25. The van der Waals surface area contributed by atoms with Crippen molar-refractivity contribution < 1.29 is 24.0 Å². The third kappa shape index (κ3) is 1.91. The Morgan fingerprint density at radius 3 is 2.86 bits per heavy atom. The first kappa shape index (κ1) is 9.17. The molecule has 0 aromatic heterocycles. The van der Waals surface area contributed by atoms with Crippen LogP contribution in [0.4, 0.5) is 0 Å². The van der Waals surface area contributed by atoms with Crippen LogP contribution < -0.4 is 5.64 Å². The van der Waals surface area contributed by atoms with Crippen LogP contribution in [0.5, 0.6) is 0 Å². The number of carbonyl (C=O) groups excluding carboxylic acids is 2. The van der Waals surface area contributed by atoms with Crippen LogP contribution in [0.2, 0.25) is 0 Å². The average molecular weight is 199 g/mol. The van der Waals surface area contributed by atoms with Crippen molar-refractivity contribution in [2.45, 2.75) is 18.9 Å². The van der Waals surface area contributed by atoms with Gasteiger partial charge in [0.2, 0.25) is 0 Å². The van der Waals surface area contributed by atoms with E-state index in [1.54, 1.807) is 5.64 Å².